The highest BCUT2D eigenvalue weighted by Gasteiger charge is 2.37. The van der Waals surface area contributed by atoms with Gasteiger partial charge in [0.05, 0.1) is 16.4 Å². The molecule has 0 radical (unpaired) electrons. The zero-order valence-corrected chi connectivity index (χ0v) is 16.5. The Morgan fingerprint density at radius 3 is 2.23 bits per heavy atom. The Labute approximate surface area is 170 Å². The Kier molecular flexibility index (Phi) is 6.85. The molecule has 0 fully saturated rings. The van der Waals surface area contributed by atoms with Crippen LogP contribution in [0.3, 0.4) is 0 Å². The van der Waals surface area contributed by atoms with Gasteiger partial charge in [0.1, 0.15) is 10.5 Å². The molecular formula is C19H17F6NO3S. The summed E-state index contributed by atoms with van der Waals surface area (Å²) in [6.07, 6.45) is -9.47. The highest BCUT2D eigenvalue weighted by Crippen LogP contribution is 2.30. The smallest absolute Gasteiger partial charge is 0.406 e. The molecule has 0 saturated carbocycles. The number of ether oxygens (including phenoxy) is 1. The first-order valence-electron chi connectivity index (χ1n) is 8.42. The zero-order chi connectivity index (χ0) is 22.7. The summed E-state index contributed by atoms with van der Waals surface area (Å²) in [6.45, 7) is 2.37. The molecule has 0 aromatic heterocycles. The molecule has 2 rings (SSSR count). The summed E-state index contributed by atoms with van der Waals surface area (Å²) in [5, 5.41) is 2.41. The van der Waals surface area contributed by atoms with Gasteiger partial charge in [-0.25, -0.2) is 0 Å². The van der Waals surface area contributed by atoms with E-state index >= 15 is 0 Å². The molecule has 4 nitrogen and oxygen atoms in total. The average molecular weight is 453 g/mol. The minimum Gasteiger partial charge on any atom is -0.406 e. The molecule has 0 aliphatic heterocycles. The van der Waals surface area contributed by atoms with Gasteiger partial charge < -0.3 is 10.1 Å². The van der Waals surface area contributed by atoms with Gasteiger partial charge in [-0.1, -0.05) is 18.2 Å². The van der Waals surface area contributed by atoms with Gasteiger partial charge in [0.2, 0.25) is 5.91 Å². The fourth-order valence-corrected chi connectivity index (χ4v) is 3.67. The van der Waals surface area contributed by atoms with E-state index in [2.05, 4.69) is 10.1 Å². The number of carbonyl (C=O) groups excluding carboxylic acids is 1. The third-order valence-electron chi connectivity index (χ3n) is 3.97. The van der Waals surface area contributed by atoms with Crippen LogP contribution >= 0.6 is 0 Å². The molecule has 0 aliphatic rings. The summed E-state index contributed by atoms with van der Waals surface area (Å²) in [6, 6.07) is 8.76. The number of halogens is 6. The number of rotatable bonds is 6. The summed E-state index contributed by atoms with van der Waals surface area (Å²) in [5.74, 6) is -1.34. The lowest BCUT2D eigenvalue weighted by atomic mass is 10.1. The standard InChI is InChI=1S/C19H17F6NO3S/c1-17(2,30(28)15-8-4-7-14(10-15)29-19(23,24)25)16(27)26-11-12-5-3-6-13(9-12)18(20,21)22/h3-10H,11H2,1-2H3,(H,26,27). The van der Waals surface area contributed by atoms with Crippen LogP contribution in [0.15, 0.2) is 53.4 Å². The predicted octanol–water partition coefficient (Wildman–Crippen LogP) is 4.81. The van der Waals surface area contributed by atoms with Crippen molar-refractivity contribution >= 4 is 16.7 Å². The first-order valence-corrected chi connectivity index (χ1v) is 9.57. The molecule has 164 valence electrons. The van der Waals surface area contributed by atoms with Crippen LogP contribution in [0.4, 0.5) is 26.3 Å². The number of amides is 1. The van der Waals surface area contributed by atoms with Crippen LogP contribution in [0.25, 0.3) is 0 Å². The topological polar surface area (TPSA) is 55.4 Å². The summed E-state index contributed by atoms with van der Waals surface area (Å²) in [4.78, 5) is 12.4. The van der Waals surface area contributed by atoms with Gasteiger partial charge in [-0.15, -0.1) is 13.2 Å². The van der Waals surface area contributed by atoms with Gasteiger partial charge in [0, 0.05) is 11.4 Å². The second kappa shape index (κ2) is 8.66. The van der Waals surface area contributed by atoms with E-state index in [1.807, 2.05) is 0 Å². The van der Waals surface area contributed by atoms with E-state index in [0.29, 0.717) is 0 Å². The van der Waals surface area contributed by atoms with E-state index in [0.717, 1.165) is 24.3 Å². The summed E-state index contributed by atoms with van der Waals surface area (Å²) in [5.41, 5.74) is -0.695. The third-order valence-corrected chi connectivity index (χ3v) is 5.77. The van der Waals surface area contributed by atoms with E-state index in [-0.39, 0.29) is 17.0 Å². The molecule has 1 N–H and O–H groups in total. The van der Waals surface area contributed by atoms with Crippen molar-refractivity contribution in [2.24, 2.45) is 0 Å². The van der Waals surface area contributed by atoms with Crippen molar-refractivity contribution in [3.63, 3.8) is 0 Å². The Balaban J connectivity index is 2.12. The first kappa shape index (κ1) is 23.7. The summed E-state index contributed by atoms with van der Waals surface area (Å²) >= 11 is 0. The lowest BCUT2D eigenvalue weighted by Crippen LogP contribution is -2.45. The normalized spacial score (nSPS) is 13.6. The van der Waals surface area contributed by atoms with E-state index in [1.54, 1.807) is 0 Å². The van der Waals surface area contributed by atoms with Crippen molar-refractivity contribution in [1.29, 1.82) is 0 Å². The maximum atomic E-state index is 12.8. The molecule has 1 atom stereocenters. The molecule has 1 unspecified atom stereocenters. The quantitative estimate of drug-likeness (QED) is 0.639. The molecule has 0 bridgehead atoms. The molecule has 2 aromatic rings. The fourth-order valence-electron chi connectivity index (χ4n) is 2.42. The van der Waals surface area contributed by atoms with E-state index in [1.165, 1.54) is 38.1 Å². The fraction of sp³-hybridized carbons (Fsp3) is 0.316. The monoisotopic (exact) mass is 453 g/mol. The van der Waals surface area contributed by atoms with Gasteiger partial charge in [0.15, 0.2) is 0 Å². The summed E-state index contributed by atoms with van der Waals surface area (Å²) < 4.78 is 90.4. The maximum Gasteiger partial charge on any atom is 0.573 e. The van der Waals surface area contributed by atoms with Crippen LogP contribution in [-0.4, -0.2) is 21.2 Å². The second-order valence-corrected chi connectivity index (χ2v) is 8.71. The van der Waals surface area contributed by atoms with E-state index in [4.69, 9.17) is 0 Å². The highest BCUT2D eigenvalue weighted by molar-refractivity contribution is 7.87. The molecule has 1 amide bonds. The molecule has 0 spiro atoms. The van der Waals surface area contributed by atoms with Crippen LogP contribution in [0, 0.1) is 0 Å². The number of hydrogen-bond donors (Lipinski definition) is 1. The number of hydrogen-bond acceptors (Lipinski definition) is 3. The average Bonchev–Trinajstić information content (AvgIpc) is 2.63. The molecular weight excluding hydrogens is 436 g/mol. The number of benzene rings is 2. The first-order chi connectivity index (χ1) is 13.7. The largest absolute Gasteiger partial charge is 0.573 e. The van der Waals surface area contributed by atoms with Crippen LogP contribution in [0.1, 0.15) is 25.0 Å². The van der Waals surface area contributed by atoms with Gasteiger partial charge >= 0.3 is 12.5 Å². The molecule has 2 aromatic carbocycles. The highest BCUT2D eigenvalue weighted by atomic mass is 32.2. The van der Waals surface area contributed by atoms with Crippen molar-refractivity contribution in [3.05, 3.63) is 59.7 Å². The minimum absolute atomic E-state index is 0.0732. The Morgan fingerprint density at radius 2 is 1.63 bits per heavy atom. The van der Waals surface area contributed by atoms with Crippen LogP contribution in [0.5, 0.6) is 5.75 Å². The maximum absolute atomic E-state index is 12.8. The van der Waals surface area contributed by atoms with Gasteiger partial charge in [-0.3, -0.25) is 9.00 Å². The number of nitrogens with one attached hydrogen (secondary N) is 1. The number of alkyl halides is 6. The third kappa shape index (κ3) is 6.22. The van der Waals surface area contributed by atoms with Gasteiger partial charge in [-0.05, 0) is 49.7 Å². The summed E-state index contributed by atoms with van der Waals surface area (Å²) in [7, 11) is -2.08. The van der Waals surface area contributed by atoms with Crippen molar-refractivity contribution in [3.8, 4) is 5.75 Å². The molecule has 0 saturated heterocycles. The SMILES string of the molecule is CC(C)(C(=O)NCc1cccc(C(F)(F)F)c1)S(=O)c1cccc(OC(F)(F)F)c1. The molecule has 11 heteroatoms. The Hall–Kier alpha value is -2.56. The lowest BCUT2D eigenvalue weighted by Gasteiger charge is -2.23. The molecule has 30 heavy (non-hydrogen) atoms. The Morgan fingerprint density at radius 1 is 1.00 bits per heavy atom. The van der Waals surface area contributed by atoms with Gasteiger partial charge in [0.25, 0.3) is 0 Å². The van der Waals surface area contributed by atoms with E-state index in [9.17, 15) is 35.3 Å². The van der Waals surface area contributed by atoms with Crippen molar-refractivity contribution in [2.75, 3.05) is 0 Å². The lowest BCUT2D eigenvalue weighted by molar-refractivity contribution is -0.274. The molecule has 0 aliphatic carbocycles. The van der Waals surface area contributed by atoms with Crippen LogP contribution < -0.4 is 10.1 Å². The van der Waals surface area contributed by atoms with Crippen molar-refractivity contribution < 1.29 is 40.1 Å². The van der Waals surface area contributed by atoms with Crippen LogP contribution in [-0.2, 0) is 28.3 Å². The zero-order valence-electron chi connectivity index (χ0n) is 15.7. The predicted molar refractivity (Wildman–Crippen MR) is 96.9 cm³/mol. The van der Waals surface area contributed by atoms with E-state index < -0.39 is 45.3 Å². The van der Waals surface area contributed by atoms with Crippen molar-refractivity contribution in [2.45, 2.75) is 42.6 Å². The number of carbonyl (C=O) groups is 1. The van der Waals surface area contributed by atoms with Gasteiger partial charge in [-0.2, -0.15) is 13.2 Å². The Bertz CT molecular complexity index is 940. The minimum atomic E-state index is -4.93. The second-order valence-electron chi connectivity index (χ2n) is 6.68. The molecule has 0 heterocycles. The van der Waals surface area contributed by atoms with Crippen molar-refractivity contribution in [1.82, 2.24) is 5.32 Å². The van der Waals surface area contributed by atoms with Crippen LogP contribution in [0.2, 0.25) is 0 Å².